The molecule has 0 aliphatic rings. The van der Waals surface area contributed by atoms with Crippen LogP contribution in [-0.4, -0.2) is 33.7 Å². The highest BCUT2D eigenvalue weighted by Crippen LogP contribution is 2.28. The van der Waals surface area contributed by atoms with Gasteiger partial charge in [0.25, 0.3) is 0 Å². The number of nitrogens with one attached hydrogen (secondary N) is 1. The second kappa shape index (κ2) is 11.6. The molecule has 0 saturated carbocycles. The average Bonchev–Trinajstić information content (AvgIpc) is 2.79. The van der Waals surface area contributed by atoms with Crippen molar-refractivity contribution in [3.63, 3.8) is 0 Å². The van der Waals surface area contributed by atoms with E-state index in [1.54, 1.807) is 48.5 Å². The van der Waals surface area contributed by atoms with E-state index >= 15 is 0 Å². The number of hydrogen-bond donors (Lipinski definition) is 1. The monoisotopic (exact) mass is 470 g/mol. The van der Waals surface area contributed by atoms with Crippen LogP contribution >= 0.6 is 0 Å². The summed E-state index contributed by atoms with van der Waals surface area (Å²) in [6.07, 6.45) is 2.65. The first-order valence-corrected chi connectivity index (χ1v) is 12.4. The van der Waals surface area contributed by atoms with Crippen LogP contribution in [0.25, 0.3) is 0 Å². The number of halogens is 1. The van der Waals surface area contributed by atoms with Gasteiger partial charge in [-0.05, 0) is 60.4 Å². The molecule has 0 aliphatic carbocycles. The number of rotatable bonds is 11. The molecule has 0 unspecified atom stereocenters. The Bertz CT molecular complexity index is 1140. The van der Waals surface area contributed by atoms with Gasteiger partial charge in [-0.25, -0.2) is 17.1 Å². The van der Waals surface area contributed by atoms with Gasteiger partial charge >= 0.3 is 0 Å². The van der Waals surface area contributed by atoms with Crippen LogP contribution in [0.2, 0.25) is 0 Å². The number of sulfonamides is 1. The van der Waals surface area contributed by atoms with Crippen LogP contribution in [0.3, 0.4) is 0 Å². The summed E-state index contributed by atoms with van der Waals surface area (Å²) in [4.78, 5) is 11.9. The first kappa shape index (κ1) is 24.4. The molecule has 1 N–H and O–H groups in total. The molecule has 174 valence electrons. The van der Waals surface area contributed by atoms with Gasteiger partial charge in [-0.3, -0.25) is 4.79 Å². The summed E-state index contributed by atoms with van der Waals surface area (Å²) in [6.45, 7) is 0.681. The van der Waals surface area contributed by atoms with Gasteiger partial charge in [0.1, 0.15) is 12.4 Å². The molecule has 0 radical (unpaired) electrons. The Labute approximate surface area is 194 Å². The molecule has 0 spiro atoms. The minimum absolute atomic E-state index is 0.0626. The van der Waals surface area contributed by atoms with Gasteiger partial charge in [-0.1, -0.05) is 42.5 Å². The lowest BCUT2D eigenvalue weighted by Crippen LogP contribution is -2.28. The van der Waals surface area contributed by atoms with Crippen LogP contribution in [0.15, 0.2) is 78.9 Å². The first-order chi connectivity index (χ1) is 15.8. The number of carbonyl (C=O) groups excluding carboxylic acids is 1. The Morgan fingerprint density at radius 2 is 1.52 bits per heavy atom. The summed E-state index contributed by atoms with van der Waals surface area (Å²) in [7, 11) is -3.48. The fourth-order valence-corrected chi connectivity index (χ4v) is 4.32. The summed E-state index contributed by atoms with van der Waals surface area (Å²) in [5, 5.41) is 2.81. The Hall–Kier alpha value is -3.23. The molecule has 33 heavy (non-hydrogen) atoms. The smallest absolute Gasteiger partial charge is 0.246 e. The molecular formula is C25H27FN2O4S. The van der Waals surface area contributed by atoms with Crippen molar-refractivity contribution in [2.75, 3.05) is 23.7 Å². The number of carbonyl (C=O) groups is 1. The second-order valence-electron chi connectivity index (χ2n) is 7.60. The van der Waals surface area contributed by atoms with Gasteiger partial charge in [0.15, 0.2) is 0 Å². The largest absolute Gasteiger partial charge is 0.367 e. The second-order valence-corrected chi connectivity index (χ2v) is 9.43. The van der Waals surface area contributed by atoms with Crippen LogP contribution in [0.1, 0.15) is 17.5 Å². The lowest BCUT2D eigenvalue weighted by molar-refractivity contribution is -0.126. The molecule has 3 rings (SSSR count). The molecule has 3 aromatic carbocycles. The highest BCUT2D eigenvalue weighted by molar-refractivity contribution is 7.92. The maximum Gasteiger partial charge on any atom is 0.246 e. The van der Waals surface area contributed by atoms with E-state index in [0.29, 0.717) is 17.9 Å². The van der Waals surface area contributed by atoms with Gasteiger partial charge < -0.3 is 10.1 Å². The average molecular weight is 471 g/mol. The highest BCUT2D eigenvalue weighted by atomic mass is 32.2. The normalized spacial score (nSPS) is 11.2. The Balaban J connectivity index is 1.43. The summed E-state index contributed by atoms with van der Waals surface area (Å²) >= 11 is 0. The van der Waals surface area contributed by atoms with Crippen molar-refractivity contribution in [3.05, 3.63) is 95.8 Å². The Kier molecular flexibility index (Phi) is 8.57. The molecule has 3 aromatic rings. The van der Waals surface area contributed by atoms with Gasteiger partial charge in [0.2, 0.25) is 15.9 Å². The molecule has 8 heteroatoms. The zero-order valence-electron chi connectivity index (χ0n) is 18.4. The SMILES string of the molecule is CS(=O)(=O)N(c1ccccc1)c1ccc(CCCNC(=O)COCc2ccc(F)cc2)cc1. The summed E-state index contributed by atoms with van der Waals surface area (Å²) in [5.41, 5.74) is 2.99. The lowest BCUT2D eigenvalue weighted by atomic mass is 10.1. The minimum Gasteiger partial charge on any atom is -0.367 e. The predicted octanol–water partition coefficient (Wildman–Crippen LogP) is 4.19. The van der Waals surface area contributed by atoms with Crippen molar-refractivity contribution in [2.24, 2.45) is 0 Å². The van der Waals surface area contributed by atoms with Crippen molar-refractivity contribution in [1.29, 1.82) is 0 Å². The molecule has 6 nitrogen and oxygen atoms in total. The third-order valence-electron chi connectivity index (χ3n) is 4.87. The molecule has 0 heterocycles. The number of ether oxygens (including phenoxy) is 1. The van der Waals surface area contributed by atoms with Crippen molar-refractivity contribution < 1.29 is 22.3 Å². The number of amides is 1. The van der Waals surface area contributed by atoms with Crippen LogP contribution < -0.4 is 9.62 Å². The summed E-state index contributed by atoms with van der Waals surface area (Å²) < 4.78 is 44.2. The molecule has 0 fully saturated rings. The molecular weight excluding hydrogens is 443 g/mol. The van der Waals surface area contributed by atoms with E-state index < -0.39 is 10.0 Å². The van der Waals surface area contributed by atoms with Gasteiger partial charge in [0, 0.05) is 6.54 Å². The summed E-state index contributed by atoms with van der Waals surface area (Å²) in [6, 6.07) is 22.2. The van der Waals surface area contributed by atoms with E-state index in [0.717, 1.165) is 24.0 Å². The van der Waals surface area contributed by atoms with E-state index in [4.69, 9.17) is 4.74 Å². The van der Waals surface area contributed by atoms with Gasteiger partial charge in [0.05, 0.1) is 24.2 Å². The van der Waals surface area contributed by atoms with Crippen LogP contribution in [0.5, 0.6) is 0 Å². The molecule has 0 atom stereocenters. The van der Waals surface area contributed by atoms with Crippen molar-refractivity contribution in [2.45, 2.75) is 19.4 Å². The van der Waals surface area contributed by atoms with Crippen molar-refractivity contribution in [1.82, 2.24) is 5.32 Å². The molecule has 0 saturated heterocycles. The van der Waals surface area contributed by atoms with Crippen molar-refractivity contribution in [3.8, 4) is 0 Å². The van der Waals surface area contributed by atoms with E-state index in [1.165, 1.54) is 22.7 Å². The lowest BCUT2D eigenvalue weighted by Gasteiger charge is -2.22. The number of aryl methyl sites for hydroxylation is 1. The maximum atomic E-state index is 12.9. The standard InChI is InChI=1S/C25H27FN2O4S/c1-33(30,31)28(23-7-3-2-4-8-23)24-15-11-20(12-16-24)6-5-17-27-25(29)19-32-18-21-9-13-22(26)14-10-21/h2-4,7-16H,5-6,17-19H2,1H3,(H,27,29). The van der Waals surface area contributed by atoms with E-state index in [-0.39, 0.29) is 24.9 Å². The highest BCUT2D eigenvalue weighted by Gasteiger charge is 2.19. The molecule has 1 amide bonds. The van der Waals surface area contributed by atoms with Crippen molar-refractivity contribution >= 4 is 27.3 Å². The van der Waals surface area contributed by atoms with Crippen LogP contribution in [0, 0.1) is 5.82 Å². The molecule has 0 aliphatic heterocycles. The zero-order valence-corrected chi connectivity index (χ0v) is 19.2. The van der Waals surface area contributed by atoms with Crippen LogP contribution in [-0.2, 0) is 32.6 Å². The number of para-hydroxylation sites is 1. The van der Waals surface area contributed by atoms with Crippen LogP contribution in [0.4, 0.5) is 15.8 Å². The third kappa shape index (κ3) is 7.69. The Morgan fingerprint density at radius 1 is 0.909 bits per heavy atom. The fraction of sp³-hybridized carbons (Fsp3) is 0.240. The van der Waals surface area contributed by atoms with E-state index in [2.05, 4.69) is 5.32 Å². The number of hydrogen-bond acceptors (Lipinski definition) is 4. The number of anilines is 2. The molecule has 0 bridgehead atoms. The maximum absolute atomic E-state index is 12.9. The first-order valence-electron chi connectivity index (χ1n) is 10.6. The summed E-state index contributed by atoms with van der Waals surface area (Å²) in [5.74, 6) is -0.519. The van der Waals surface area contributed by atoms with Gasteiger partial charge in [-0.15, -0.1) is 0 Å². The van der Waals surface area contributed by atoms with E-state index in [9.17, 15) is 17.6 Å². The minimum atomic E-state index is -3.48. The van der Waals surface area contributed by atoms with Gasteiger partial charge in [-0.2, -0.15) is 0 Å². The predicted molar refractivity (Wildman–Crippen MR) is 127 cm³/mol. The fourth-order valence-electron chi connectivity index (χ4n) is 3.31. The Morgan fingerprint density at radius 3 is 2.15 bits per heavy atom. The number of nitrogens with zero attached hydrogens (tertiary/aromatic N) is 1. The zero-order chi connectivity index (χ0) is 23.7. The third-order valence-corrected chi connectivity index (χ3v) is 5.96. The quantitative estimate of drug-likeness (QED) is 0.427. The topological polar surface area (TPSA) is 75.7 Å². The number of benzene rings is 3. The van der Waals surface area contributed by atoms with E-state index in [1.807, 2.05) is 18.2 Å². The molecule has 0 aromatic heterocycles.